The van der Waals surface area contributed by atoms with Crippen molar-refractivity contribution in [1.82, 2.24) is 20.0 Å². The van der Waals surface area contributed by atoms with Crippen LogP contribution in [0.1, 0.15) is 29.6 Å². The topological polar surface area (TPSA) is 89.5 Å². The molecule has 0 radical (unpaired) electrons. The smallest absolute Gasteiger partial charge is 0.320 e. The maximum Gasteiger partial charge on any atom is 0.320 e. The van der Waals surface area contributed by atoms with Gasteiger partial charge in [-0.25, -0.2) is 0 Å². The Balaban J connectivity index is 1.46. The molecule has 0 saturated carbocycles. The standard InChI is InChI=1S/C20H24N4O3/c1-23-13-20(11-16(23)19(26)27)7-9-24(10-8-20)18(25)15-12-21-22-17(15)14-5-3-2-4-6-14/h2-6,12,16H,7-11,13H2,1H3,(H,21,22)(H,26,27). The number of aromatic amines is 1. The molecule has 2 saturated heterocycles. The minimum absolute atomic E-state index is 0.00719. The Kier molecular flexibility index (Phi) is 4.47. The number of carboxylic acid groups (broad SMARTS) is 1. The summed E-state index contributed by atoms with van der Waals surface area (Å²) in [6, 6.07) is 9.31. The number of likely N-dealkylation sites (tertiary alicyclic amines) is 2. The van der Waals surface area contributed by atoms with Crippen molar-refractivity contribution in [2.75, 3.05) is 26.7 Å². The first-order chi connectivity index (χ1) is 13.0. The van der Waals surface area contributed by atoms with Gasteiger partial charge in [-0.1, -0.05) is 30.3 Å². The highest BCUT2D eigenvalue weighted by atomic mass is 16.4. The summed E-state index contributed by atoms with van der Waals surface area (Å²) in [5.74, 6) is -0.766. The summed E-state index contributed by atoms with van der Waals surface area (Å²) < 4.78 is 0. The van der Waals surface area contributed by atoms with Gasteiger partial charge in [0.05, 0.1) is 17.5 Å². The summed E-state index contributed by atoms with van der Waals surface area (Å²) in [6.07, 6.45) is 3.94. The van der Waals surface area contributed by atoms with E-state index in [2.05, 4.69) is 10.2 Å². The SMILES string of the molecule is CN1CC2(CCN(C(=O)c3cn[nH]c3-c3ccccc3)CC2)CC1C(=O)O. The van der Waals surface area contributed by atoms with E-state index in [4.69, 9.17) is 0 Å². The van der Waals surface area contributed by atoms with Gasteiger partial charge in [-0.15, -0.1) is 0 Å². The number of likely N-dealkylation sites (N-methyl/N-ethyl adjacent to an activating group) is 1. The predicted octanol–water partition coefficient (Wildman–Crippen LogP) is 2.09. The zero-order valence-electron chi connectivity index (χ0n) is 15.4. The van der Waals surface area contributed by atoms with Crippen LogP contribution in [0.5, 0.6) is 0 Å². The zero-order chi connectivity index (χ0) is 19.0. The maximum absolute atomic E-state index is 13.1. The summed E-state index contributed by atoms with van der Waals surface area (Å²) in [7, 11) is 1.88. The van der Waals surface area contributed by atoms with E-state index in [1.807, 2.05) is 47.2 Å². The first-order valence-corrected chi connectivity index (χ1v) is 9.30. The molecule has 7 heteroatoms. The number of nitrogens with zero attached hydrogens (tertiary/aromatic N) is 3. The highest BCUT2D eigenvalue weighted by Crippen LogP contribution is 2.43. The highest BCUT2D eigenvalue weighted by Gasteiger charge is 2.47. The van der Waals surface area contributed by atoms with Crippen molar-refractivity contribution in [1.29, 1.82) is 0 Å². The molecule has 0 aliphatic carbocycles. The number of amides is 1. The van der Waals surface area contributed by atoms with Gasteiger partial charge in [-0.2, -0.15) is 5.10 Å². The zero-order valence-corrected chi connectivity index (χ0v) is 15.4. The van der Waals surface area contributed by atoms with Crippen LogP contribution in [-0.4, -0.2) is 69.7 Å². The number of benzene rings is 1. The van der Waals surface area contributed by atoms with Crippen LogP contribution in [0.2, 0.25) is 0 Å². The Morgan fingerprint density at radius 1 is 1.22 bits per heavy atom. The first kappa shape index (κ1) is 17.7. The van der Waals surface area contributed by atoms with Gasteiger partial charge in [0.25, 0.3) is 5.91 Å². The molecule has 142 valence electrons. The number of aliphatic carboxylic acids is 1. The van der Waals surface area contributed by atoms with Gasteiger partial charge < -0.3 is 10.0 Å². The maximum atomic E-state index is 13.1. The van der Waals surface area contributed by atoms with Crippen molar-refractivity contribution in [3.8, 4) is 11.3 Å². The number of carbonyl (C=O) groups is 2. The largest absolute Gasteiger partial charge is 0.480 e. The Morgan fingerprint density at radius 2 is 1.93 bits per heavy atom. The lowest BCUT2D eigenvalue weighted by Crippen LogP contribution is -2.44. The van der Waals surface area contributed by atoms with Crippen LogP contribution >= 0.6 is 0 Å². The van der Waals surface area contributed by atoms with Gasteiger partial charge in [0, 0.05) is 25.2 Å². The molecule has 2 aliphatic heterocycles. The Hall–Kier alpha value is -2.67. The van der Waals surface area contributed by atoms with Crippen molar-refractivity contribution in [2.24, 2.45) is 5.41 Å². The van der Waals surface area contributed by atoms with Crippen molar-refractivity contribution < 1.29 is 14.7 Å². The molecule has 0 bridgehead atoms. The molecule has 27 heavy (non-hydrogen) atoms. The quantitative estimate of drug-likeness (QED) is 0.866. The Labute approximate surface area is 158 Å². The third-order valence-corrected chi connectivity index (χ3v) is 6.07. The van der Waals surface area contributed by atoms with Crippen LogP contribution in [0.15, 0.2) is 36.5 Å². The summed E-state index contributed by atoms with van der Waals surface area (Å²) in [5.41, 5.74) is 2.28. The molecule has 7 nitrogen and oxygen atoms in total. The van der Waals surface area contributed by atoms with E-state index >= 15 is 0 Å². The van der Waals surface area contributed by atoms with Gasteiger partial charge in [0.15, 0.2) is 0 Å². The Morgan fingerprint density at radius 3 is 2.56 bits per heavy atom. The molecule has 1 aromatic carbocycles. The summed E-state index contributed by atoms with van der Waals surface area (Å²) in [4.78, 5) is 28.3. The molecule has 1 aromatic heterocycles. The number of aromatic nitrogens is 2. The lowest BCUT2D eigenvalue weighted by Gasteiger charge is -2.39. The number of hydrogen-bond donors (Lipinski definition) is 2. The van der Waals surface area contributed by atoms with Crippen LogP contribution < -0.4 is 0 Å². The first-order valence-electron chi connectivity index (χ1n) is 9.30. The predicted molar refractivity (Wildman–Crippen MR) is 100 cm³/mol. The fourth-order valence-electron chi connectivity index (χ4n) is 4.54. The number of H-pyrrole nitrogens is 1. The van der Waals surface area contributed by atoms with Crippen LogP contribution in [0.4, 0.5) is 0 Å². The summed E-state index contributed by atoms with van der Waals surface area (Å²) >= 11 is 0. The molecular weight excluding hydrogens is 344 g/mol. The molecule has 1 amide bonds. The minimum atomic E-state index is -0.751. The van der Waals surface area contributed by atoms with E-state index in [0.29, 0.717) is 25.1 Å². The number of piperidine rings is 1. The average molecular weight is 368 g/mol. The molecule has 2 fully saturated rings. The number of rotatable bonds is 3. The summed E-state index contributed by atoms with van der Waals surface area (Å²) in [6.45, 7) is 2.09. The fourth-order valence-corrected chi connectivity index (χ4v) is 4.54. The molecule has 4 rings (SSSR count). The lowest BCUT2D eigenvalue weighted by atomic mass is 9.76. The number of carbonyl (C=O) groups excluding carboxylic acids is 1. The monoisotopic (exact) mass is 368 g/mol. The van der Waals surface area contributed by atoms with E-state index in [1.165, 1.54) is 0 Å². The molecule has 1 atom stereocenters. The lowest BCUT2D eigenvalue weighted by molar-refractivity contribution is -0.141. The van der Waals surface area contributed by atoms with Gasteiger partial charge in [0.1, 0.15) is 6.04 Å². The normalized spacial score (nSPS) is 22.3. The molecule has 2 aliphatic rings. The van der Waals surface area contributed by atoms with Crippen LogP contribution in [0.25, 0.3) is 11.3 Å². The van der Waals surface area contributed by atoms with Gasteiger partial charge >= 0.3 is 5.97 Å². The third-order valence-electron chi connectivity index (χ3n) is 6.07. The third kappa shape index (κ3) is 3.23. The number of hydrogen-bond acceptors (Lipinski definition) is 4. The Bertz CT molecular complexity index is 840. The van der Waals surface area contributed by atoms with Gasteiger partial charge in [-0.3, -0.25) is 19.6 Å². The highest BCUT2D eigenvalue weighted by molar-refractivity contribution is 5.99. The van der Waals surface area contributed by atoms with Crippen LogP contribution in [0, 0.1) is 5.41 Å². The second-order valence-electron chi connectivity index (χ2n) is 7.79. The second kappa shape index (κ2) is 6.81. The number of carboxylic acids is 1. The molecule has 1 unspecified atom stereocenters. The molecular formula is C20H24N4O3. The van der Waals surface area contributed by atoms with E-state index in [9.17, 15) is 14.7 Å². The fraction of sp³-hybridized carbons (Fsp3) is 0.450. The summed E-state index contributed by atoms with van der Waals surface area (Å²) in [5, 5.41) is 16.4. The van der Waals surface area contributed by atoms with Crippen molar-refractivity contribution in [3.63, 3.8) is 0 Å². The average Bonchev–Trinajstić information content (AvgIpc) is 3.28. The van der Waals surface area contributed by atoms with Crippen molar-refractivity contribution >= 4 is 11.9 Å². The van der Waals surface area contributed by atoms with E-state index in [-0.39, 0.29) is 11.3 Å². The number of nitrogens with one attached hydrogen (secondary N) is 1. The second-order valence-corrected chi connectivity index (χ2v) is 7.79. The van der Waals surface area contributed by atoms with Crippen LogP contribution in [-0.2, 0) is 4.79 Å². The van der Waals surface area contributed by atoms with E-state index in [0.717, 1.165) is 30.6 Å². The van der Waals surface area contributed by atoms with Crippen LogP contribution in [0.3, 0.4) is 0 Å². The molecule has 3 heterocycles. The molecule has 1 spiro atoms. The molecule has 2 N–H and O–H groups in total. The van der Waals surface area contributed by atoms with E-state index < -0.39 is 12.0 Å². The van der Waals surface area contributed by atoms with Crippen molar-refractivity contribution in [3.05, 3.63) is 42.1 Å². The van der Waals surface area contributed by atoms with Gasteiger partial charge in [-0.05, 0) is 31.7 Å². The van der Waals surface area contributed by atoms with Gasteiger partial charge in [0.2, 0.25) is 0 Å². The van der Waals surface area contributed by atoms with Crippen molar-refractivity contribution in [2.45, 2.75) is 25.3 Å². The molecule has 2 aromatic rings. The minimum Gasteiger partial charge on any atom is -0.480 e. The van der Waals surface area contributed by atoms with E-state index in [1.54, 1.807) is 6.20 Å².